The third-order valence-corrected chi connectivity index (χ3v) is 2.91. The van der Waals surface area contributed by atoms with Gasteiger partial charge in [-0.3, -0.25) is 0 Å². The summed E-state index contributed by atoms with van der Waals surface area (Å²) >= 11 is 0. The fourth-order valence-corrected chi connectivity index (χ4v) is 2.00. The summed E-state index contributed by atoms with van der Waals surface area (Å²) in [4.78, 5) is 2.29. The first-order valence-electron chi connectivity index (χ1n) is 5.39. The molecule has 0 amide bonds. The average Bonchev–Trinajstić information content (AvgIpc) is 2.72. The Bertz CT molecular complexity index is 506. The summed E-state index contributed by atoms with van der Waals surface area (Å²) in [6.07, 6.45) is 0. The molecular formula is C12H13LiN2O2. The van der Waals surface area contributed by atoms with Crippen LogP contribution in [0.4, 0.5) is 5.69 Å². The van der Waals surface area contributed by atoms with Crippen molar-refractivity contribution < 1.29 is 28.1 Å². The van der Waals surface area contributed by atoms with E-state index in [1.807, 2.05) is 12.1 Å². The Hall–Kier alpha value is -1.08. The molecule has 4 nitrogen and oxygen atoms in total. The van der Waals surface area contributed by atoms with Gasteiger partial charge in [-0.2, -0.15) is 0 Å². The number of rotatable bonds is 1. The Balaban J connectivity index is 0.00000108. The van der Waals surface area contributed by atoms with Crippen LogP contribution in [0.1, 0.15) is 5.69 Å². The molecule has 84 valence electrons. The third-order valence-electron chi connectivity index (χ3n) is 2.91. The second-order valence-electron chi connectivity index (χ2n) is 3.91. The number of fused-ring (bicyclic) bond motifs is 1. The van der Waals surface area contributed by atoms with Crippen LogP contribution in [0.2, 0.25) is 0 Å². The molecule has 0 spiro atoms. The molecule has 1 aromatic carbocycles. The van der Waals surface area contributed by atoms with Gasteiger partial charge in [0.2, 0.25) is 0 Å². The summed E-state index contributed by atoms with van der Waals surface area (Å²) in [6, 6.07) is 6.11. The summed E-state index contributed by atoms with van der Waals surface area (Å²) in [7, 11) is 0. The van der Waals surface area contributed by atoms with Crippen molar-refractivity contribution >= 4 is 16.7 Å². The number of benzene rings is 1. The quantitative estimate of drug-likeness (QED) is 0.453. The van der Waals surface area contributed by atoms with E-state index < -0.39 is 0 Å². The van der Waals surface area contributed by atoms with Gasteiger partial charge < -0.3 is 14.2 Å². The van der Waals surface area contributed by atoms with E-state index in [0.29, 0.717) is 5.69 Å². The second-order valence-corrected chi connectivity index (χ2v) is 3.91. The van der Waals surface area contributed by atoms with Gasteiger partial charge in [-0.05, 0) is 6.07 Å². The van der Waals surface area contributed by atoms with Gasteiger partial charge in [0.15, 0.2) is 0 Å². The minimum atomic E-state index is 0. The molecule has 3 rings (SSSR count). The van der Waals surface area contributed by atoms with Crippen LogP contribution in [0.3, 0.4) is 0 Å². The maximum Gasteiger partial charge on any atom is 1.00 e. The van der Waals surface area contributed by atoms with Crippen LogP contribution in [0, 0.1) is 6.92 Å². The molecule has 0 radical (unpaired) electrons. The molecule has 17 heavy (non-hydrogen) atoms. The number of nitrogens with zero attached hydrogens (tertiary/aromatic N) is 2. The molecule has 0 unspecified atom stereocenters. The molecule has 0 N–H and O–H groups in total. The van der Waals surface area contributed by atoms with Gasteiger partial charge in [0.05, 0.1) is 18.8 Å². The van der Waals surface area contributed by atoms with Gasteiger partial charge in [-0.15, -0.1) is 16.6 Å². The molecule has 0 saturated carbocycles. The minimum absolute atomic E-state index is 0. The first-order valence-corrected chi connectivity index (χ1v) is 5.39. The molecule has 1 aromatic heterocycles. The van der Waals surface area contributed by atoms with Crippen LogP contribution >= 0.6 is 0 Å². The Labute approximate surface area is 112 Å². The molecular weight excluding hydrogens is 211 g/mol. The summed E-state index contributed by atoms with van der Waals surface area (Å²) in [6.45, 7) is 7.24. The molecule has 1 aliphatic rings. The van der Waals surface area contributed by atoms with Crippen LogP contribution in [0.15, 0.2) is 22.7 Å². The molecule has 0 atom stereocenters. The molecule has 1 fully saturated rings. The predicted octanol–water partition coefficient (Wildman–Crippen LogP) is -1.15. The van der Waals surface area contributed by atoms with Crippen molar-refractivity contribution in [2.24, 2.45) is 0 Å². The van der Waals surface area contributed by atoms with Crippen LogP contribution in [0.25, 0.3) is 11.0 Å². The molecule has 5 heteroatoms. The van der Waals surface area contributed by atoms with Gasteiger partial charge in [0.25, 0.3) is 0 Å². The molecule has 1 saturated heterocycles. The van der Waals surface area contributed by atoms with E-state index in [1.54, 1.807) is 0 Å². The summed E-state index contributed by atoms with van der Waals surface area (Å²) in [5.74, 6) is 0. The van der Waals surface area contributed by atoms with Gasteiger partial charge >= 0.3 is 18.9 Å². The van der Waals surface area contributed by atoms with E-state index in [-0.39, 0.29) is 18.9 Å². The zero-order valence-electron chi connectivity index (χ0n) is 9.98. The molecule has 1 aliphatic heterocycles. The SMILES string of the molecule is [CH2-]c1noc2cc(N3CCOCC3)ccc12.[Li+]. The van der Waals surface area contributed by atoms with E-state index in [1.165, 1.54) is 0 Å². The Morgan fingerprint density at radius 1 is 1.24 bits per heavy atom. The summed E-state index contributed by atoms with van der Waals surface area (Å²) in [5.41, 5.74) is 2.66. The molecule has 2 heterocycles. The summed E-state index contributed by atoms with van der Waals surface area (Å²) < 4.78 is 10.5. The van der Waals surface area contributed by atoms with Crippen molar-refractivity contribution in [3.05, 3.63) is 30.8 Å². The molecule has 0 bridgehead atoms. The Kier molecular flexibility index (Phi) is 3.68. The van der Waals surface area contributed by atoms with Gasteiger partial charge in [0.1, 0.15) is 0 Å². The van der Waals surface area contributed by atoms with Crippen molar-refractivity contribution in [3.63, 3.8) is 0 Å². The van der Waals surface area contributed by atoms with Crippen LogP contribution in [-0.2, 0) is 4.74 Å². The Morgan fingerprint density at radius 2 is 2.00 bits per heavy atom. The number of morpholine rings is 1. The van der Waals surface area contributed by atoms with Crippen LogP contribution < -0.4 is 23.8 Å². The fourth-order valence-electron chi connectivity index (χ4n) is 2.00. The fraction of sp³-hybridized carbons (Fsp3) is 0.333. The minimum Gasteiger partial charge on any atom is -0.378 e. The van der Waals surface area contributed by atoms with E-state index in [0.717, 1.165) is 43.0 Å². The van der Waals surface area contributed by atoms with E-state index >= 15 is 0 Å². The third kappa shape index (κ3) is 2.30. The van der Waals surface area contributed by atoms with E-state index in [2.05, 4.69) is 23.0 Å². The second kappa shape index (κ2) is 5.05. The van der Waals surface area contributed by atoms with Gasteiger partial charge in [0, 0.05) is 18.8 Å². The maximum absolute atomic E-state index is 5.33. The van der Waals surface area contributed by atoms with E-state index in [4.69, 9.17) is 9.26 Å². The first-order chi connectivity index (χ1) is 7.84. The number of anilines is 1. The molecule has 2 aromatic rings. The largest absolute Gasteiger partial charge is 1.00 e. The normalized spacial score (nSPS) is 15.9. The standard InChI is InChI=1S/C12H13N2O2.Li/c1-9-11-3-2-10(8-12(11)16-13-9)14-4-6-15-7-5-14;/h2-3,8H,1,4-7H2;/q-1;+1. The monoisotopic (exact) mass is 224 g/mol. The zero-order valence-corrected chi connectivity index (χ0v) is 9.98. The number of ether oxygens (including phenoxy) is 1. The van der Waals surface area contributed by atoms with Crippen molar-refractivity contribution in [2.75, 3.05) is 31.2 Å². The molecule has 0 aliphatic carbocycles. The topological polar surface area (TPSA) is 38.5 Å². The van der Waals surface area contributed by atoms with Crippen LogP contribution in [-0.4, -0.2) is 31.5 Å². The van der Waals surface area contributed by atoms with Crippen molar-refractivity contribution in [2.45, 2.75) is 0 Å². The van der Waals surface area contributed by atoms with Crippen molar-refractivity contribution in [1.29, 1.82) is 0 Å². The smallest absolute Gasteiger partial charge is 0.378 e. The number of aromatic nitrogens is 1. The van der Waals surface area contributed by atoms with Crippen molar-refractivity contribution in [1.82, 2.24) is 5.16 Å². The van der Waals surface area contributed by atoms with Crippen LogP contribution in [0.5, 0.6) is 0 Å². The van der Waals surface area contributed by atoms with Gasteiger partial charge in [-0.1, -0.05) is 11.8 Å². The number of hydrogen-bond donors (Lipinski definition) is 0. The Morgan fingerprint density at radius 3 is 2.76 bits per heavy atom. The predicted molar refractivity (Wildman–Crippen MR) is 61.5 cm³/mol. The van der Waals surface area contributed by atoms with Crippen molar-refractivity contribution in [3.8, 4) is 0 Å². The number of hydrogen-bond acceptors (Lipinski definition) is 4. The van der Waals surface area contributed by atoms with E-state index in [9.17, 15) is 0 Å². The zero-order chi connectivity index (χ0) is 11.0. The maximum atomic E-state index is 5.33. The summed E-state index contributed by atoms with van der Waals surface area (Å²) in [5, 5.41) is 4.84. The van der Waals surface area contributed by atoms with Gasteiger partial charge in [-0.25, -0.2) is 6.92 Å². The average molecular weight is 224 g/mol. The first kappa shape index (κ1) is 12.4.